The van der Waals surface area contributed by atoms with Crippen molar-refractivity contribution < 1.29 is 0 Å². The van der Waals surface area contributed by atoms with Crippen molar-refractivity contribution in [2.75, 3.05) is 26.2 Å². The number of rotatable bonds is 15. The molecular formula is C24H38N4. The van der Waals surface area contributed by atoms with Gasteiger partial charge in [0.05, 0.1) is 0 Å². The molecule has 0 saturated heterocycles. The van der Waals surface area contributed by atoms with Gasteiger partial charge in [-0.2, -0.15) is 5.12 Å². The van der Waals surface area contributed by atoms with Gasteiger partial charge in [0, 0.05) is 32.7 Å². The predicted octanol–water partition coefficient (Wildman–Crippen LogP) is 4.60. The average Bonchev–Trinajstić information content (AvgIpc) is 2.72. The van der Waals surface area contributed by atoms with Gasteiger partial charge in [-0.15, -0.1) is 0 Å². The normalized spacial score (nSPS) is 11.4. The van der Waals surface area contributed by atoms with Crippen molar-refractivity contribution in [1.29, 1.82) is 0 Å². The van der Waals surface area contributed by atoms with Gasteiger partial charge in [0.2, 0.25) is 0 Å². The van der Waals surface area contributed by atoms with Crippen LogP contribution in [-0.4, -0.2) is 36.2 Å². The van der Waals surface area contributed by atoms with Gasteiger partial charge in [-0.25, -0.2) is 10.9 Å². The summed E-state index contributed by atoms with van der Waals surface area (Å²) in [6.07, 6.45) is 5.03. The molecule has 0 heterocycles. The fraction of sp³-hybridized carbons (Fsp3) is 0.500. The van der Waals surface area contributed by atoms with Crippen LogP contribution in [0.3, 0.4) is 0 Å². The molecule has 0 saturated carbocycles. The van der Waals surface area contributed by atoms with Gasteiger partial charge in [0.1, 0.15) is 0 Å². The highest BCUT2D eigenvalue weighted by molar-refractivity contribution is 5.17. The van der Waals surface area contributed by atoms with Crippen LogP contribution in [0.4, 0.5) is 0 Å². The molecule has 154 valence electrons. The Bertz CT molecular complexity index is 555. The summed E-state index contributed by atoms with van der Waals surface area (Å²) >= 11 is 0. The van der Waals surface area contributed by atoms with Crippen molar-refractivity contribution in [3.8, 4) is 0 Å². The molecule has 4 nitrogen and oxygen atoms in total. The molecule has 0 amide bonds. The van der Waals surface area contributed by atoms with Gasteiger partial charge in [-0.1, -0.05) is 87.4 Å². The molecule has 0 atom stereocenters. The first-order valence-corrected chi connectivity index (χ1v) is 10.9. The lowest BCUT2D eigenvalue weighted by molar-refractivity contribution is 0.117. The average molecular weight is 383 g/mol. The molecule has 0 radical (unpaired) electrons. The molecule has 0 aliphatic rings. The zero-order valence-electron chi connectivity index (χ0n) is 17.7. The van der Waals surface area contributed by atoms with Crippen LogP contribution in [0.15, 0.2) is 60.7 Å². The fourth-order valence-corrected chi connectivity index (χ4v) is 3.45. The highest BCUT2D eigenvalue weighted by atomic mass is 15.7. The second-order valence-electron chi connectivity index (χ2n) is 7.27. The molecule has 2 rings (SSSR count). The number of nitrogens with zero attached hydrogens (tertiary/aromatic N) is 2. The number of hydrogen-bond donors (Lipinski definition) is 2. The van der Waals surface area contributed by atoms with Gasteiger partial charge in [0.25, 0.3) is 0 Å². The standard InChI is InChI=1S/C24H38N4/c1-3-25-28(26-4-2)20-14-6-5-13-19-27(21-23-15-9-7-10-16-23)22-24-17-11-8-12-18-24/h7-12,15-18,25-26H,3-6,13-14,19-22H2,1-2H3. The van der Waals surface area contributed by atoms with Crippen molar-refractivity contribution in [2.45, 2.75) is 52.6 Å². The van der Waals surface area contributed by atoms with E-state index < -0.39 is 0 Å². The lowest BCUT2D eigenvalue weighted by Gasteiger charge is -2.23. The number of unbranched alkanes of at least 4 members (excludes halogenated alkanes) is 3. The van der Waals surface area contributed by atoms with E-state index in [2.05, 4.69) is 95.4 Å². The van der Waals surface area contributed by atoms with Crippen LogP contribution in [0.2, 0.25) is 0 Å². The number of nitrogens with one attached hydrogen (secondary N) is 2. The number of benzene rings is 2. The minimum atomic E-state index is 0.959. The lowest BCUT2D eigenvalue weighted by atomic mass is 10.1. The largest absolute Gasteiger partial charge is 0.295 e. The van der Waals surface area contributed by atoms with Crippen LogP contribution in [0, 0.1) is 0 Å². The van der Waals surface area contributed by atoms with Gasteiger partial charge in [-0.3, -0.25) is 4.90 Å². The summed E-state index contributed by atoms with van der Waals surface area (Å²) in [5.74, 6) is 0. The first-order valence-electron chi connectivity index (χ1n) is 10.9. The van der Waals surface area contributed by atoms with Crippen LogP contribution in [0.25, 0.3) is 0 Å². The Morgan fingerprint density at radius 2 is 1.07 bits per heavy atom. The summed E-state index contributed by atoms with van der Waals surface area (Å²) in [5, 5.41) is 2.14. The molecule has 28 heavy (non-hydrogen) atoms. The predicted molar refractivity (Wildman–Crippen MR) is 120 cm³/mol. The Hall–Kier alpha value is -1.72. The molecule has 0 aliphatic heterocycles. The van der Waals surface area contributed by atoms with Crippen molar-refractivity contribution in [3.63, 3.8) is 0 Å². The second kappa shape index (κ2) is 14.3. The second-order valence-corrected chi connectivity index (χ2v) is 7.27. The van der Waals surface area contributed by atoms with Gasteiger partial charge >= 0.3 is 0 Å². The maximum Gasteiger partial charge on any atom is 0.0288 e. The van der Waals surface area contributed by atoms with Crippen molar-refractivity contribution in [2.24, 2.45) is 0 Å². The first-order chi connectivity index (χ1) is 13.8. The molecule has 0 aromatic heterocycles. The molecule has 0 unspecified atom stereocenters. The Kier molecular flexibility index (Phi) is 11.5. The minimum absolute atomic E-state index is 0.959. The third kappa shape index (κ3) is 9.47. The third-order valence-electron chi connectivity index (χ3n) is 4.80. The van der Waals surface area contributed by atoms with E-state index in [-0.39, 0.29) is 0 Å². The molecule has 2 aromatic rings. The topological polar surface area (TPSA) is 30.5 Å². The maximum absolute atomic E-state index is 3.36. The summed E-state index contributed by atoms with van der Waals surface area (Å²) < 4.78 is 0. The third-order valence-corrected chi connectivity index (χ3v) is 4.80. The summed E-state index contributed by atoms with van der Waals surface area (Å²) in [6, 6.07) is 21.6. The lowest BCUT2D eigenvalue weighted by Crippen LogP contribution is -2.48. The van der Waals surface area contributed by atoms with Crippen LogP contribution in [0.1, 0.15) is 50.7 Å². The van der Waals surface area contributed by atoms with Crippen LogP contribution in [0.5, 0.6) is 0 Å². The highest BCUT2D eigenvalue weighted by Gasteiger charge is 2.07. The monoisotopic (exact) mass is 382 g/mol. The quantitative estimate of drug-likeness (QED) is 0.348. The summed E-state index contributed by atoms with van der Waals surface area (Å²) in [6.45, 7) is 10.4. The van der Waals surface area contributed by atoms with Crippen molar-refractivity contribution in [3.05, 3.63) is 71.8 Å². The zero-order valence-corrected chi connectivity index (χ0v) is 17.7. The molecule has 2 N–H and O–H groups in total. The minimum Gasteiger partial charge on any atom is -0.295 e. The fourth-order valence-electron chi connectivity index (χ4n) is 3.45. The maximum atomic E-state index is 3.36. The van der Waals surface area contributed by atoms with Crippen LogP contribution < -0.4 is 10.9 Å². The van der Waals surface area contributed by atoms with Crippen molar-refractivity contribution in [1.82, 2.24) is 20.9 Å². The molecule has 0 spiro atoms. The van der Waals surface area contributed by atoms with Crippen LogP contribution >= 0.6 is 0 Å². The Morgan fingerprint density at radius 1 is 0.607 bits per heavy atom. The highest BCUT2D eigenvalue weighted by Crippen LogP contribution is 2.12. The van der Waals surface area contributed by atoms with E-state index in [4.69, 9.17) is 0 Å². The summed E-state index contributed by atoms with van der Waals surface area (Å²) in [4.78, 5) is 2.58. The van der Waals surface area contributed by atoms with Crippen molar-refractivity contribution >= 4 is 0 Å². The number of hydrazine groups is 2. The summed E-state index contributed by atoms with van der Waals surface area (Å²) in [5.41, 5.74) is 9.51. The first kappa shape index (κ1) is 22.6. The molecule has 0 bridgehead atoms. The van der Waals surface area contributed by atoms with E-state index in [0.717, 1.165) is 39.3 Å². The molecule has 0 fully saturated rings. The molecule has 4 heteroatoms. The van der Waals surface area contributed by atoms with E-state index in [0.29, 0.717) is 0 Å². The molecule has 0 aliphatic carbocycles. The Labute approximate surface area is 171 Å². The smallest absolute Gasteiger partial charge is 0.0288 e. The Morgan fingerprint density at radius 3 is 1.54 bits per heavy atom. The van der Waals surface area contributed by atoms with E-state index >= 15 is 0 Å². The summed E-state index contributed by atoms with van der Waals surface area (Å²) in [7, 11) is 0. The Balaban J connectivity index is 1.74. The van der Waals surface area contributed by atoms with Gasteiger partial charge in [-0.05, 0) is 30.5 Å². The zero-order chi connectivity index (χ0) is 19.9. The van der Waals surface area contributed by atoms with Crippen LogP contribution in [-0.2, 0) is 13.1 Å². The van der Waals surface area contributed by atoms with Gasteiger partial charge < -0.3 is 0 Å². The van der Waals surface area contributed by atoms with E-state index in [1.165, 1.54) is 36.8 Å². The van der Waals surface area contributed by atoms with E-state index in [9.17, 15) is 0 Å². The molecule has 2 aromatic carbocycles. The van der Waals surface area contributed by atoms with E-state index in [1.807, 2.05) is 0 Å². The number of hydrogen-bond acceptors (Lipinski definition) is 4. The SMILES string of the molecule is CCNN(CCCCCCN(Cc1ccccc1)Cc1ccccc1)NCC. The van der Waals surface area contributed by atoms with Gasteiger partial charge in [0.15, 0.2) is 0 Å². The molecular weight excluding hydrogens is 344 g/mol. The van der Waals surface area contributed by atoms with E-state index in [1.54, 1.807) is 0 Å².